The number of aromatic hydroxyl groups is 1. The lowest BCUT2D eigenvalue weighted by atomic mass is 9.94. The van der Waals surface area contributed by atoms with Gasteiger partial charge in [-0.1, -0.05) is 23.6 Å². The van der Waals surface area contributed by atoms with Gasteiger partial charge in [0.15, 0.2) is 5.82 Å². The molecule has 0 saturated carbocycles. The van der Waals surface area contributed by atoms with Crippen LogP contribution in [0.3, 0.4) is 0 Å². The van der Waals surface area contributed by atoms with E-state index in [1.807, 2.05) is 0 Å². The largest absolute Gasteiger partial charge is 0.508 e. The van der Waals surface area contributed by atoms with E-state index >= 15 is 0 Å². The van der Waals surface area contributed by atoms with Gasteiger partial charge in [0.2, 0.25) is 0 Å². The second-order valence-corrected chi connectivity index (χ2v) is 11.7. The quantitative estimate of drug-likeness (QED) is 0.332. The fourth-order valence-electron chi connectivity index (χ4n) is 6.59. The minimum Gasteiger partial charge on any atom is -0.508 e. The number of fused-ring (bicyclic) bond motifs is 4. The number of rotatable bonds is 5. The lowest BCUT2D eigenvalue weighted by molar-refractivity contribution is 0.188. The Balaban J connectivity index is 1.39. The molecule has 4 aromatic rings. The Kier molecular flexibility index (Phi) is 6.57. The van der Waals surface area contributed by atoms with Gasteiger partial charge in [0.1, 0.15) is 29.2 Å². The van der Waals surface area contributed by atoms with Gasteiger partial charge in [-0.05, 0) is 68.4 Å². The van der Waals surface area contributed by atoms with Gasteiger partial charge < -0.3 is 25.0 Å². The maximum atomic E-state index is 14.8. The Labute approximate surface area is 242 Å². The van der Waals surface area contributed by atoms with E-state index in [1.165, 1.54) is 12.1 Å². The smallest absolute Gasteiger partial charge is 0.319 e. The number of halogens is 2. The number of phenolic OH excluding ortho intramolecular Hbond substituents is 1. The highest BCUT2D eigenvalue weighted by Crippen LogP contribution is 2.42. The third-order valence-corrected chi connectivity index (χ3v) is 9.07. The van der Waals surface area contributed by atoms with Crippen LogP contribution in [0.2, 0.25) is 5.02 Å². The number of ether oxygens (including phenoxy) is 1. The second-order valence-electron chi connectivity index (χ2n) is 11.3. The molecule has 2 bridgehead atoms. The van der Waals surface area contributed by atoms with Crippen molar-refractivity contribution < 1.29 is 14.2 Å². The highest BCUT2D eigenvalue weighted by atomic mass is 35.5. The monoisotopic (exact) mass is 572 g/mol. The van der Waals surface area contributed by atoms with Crippen molar-refractivity contribution in [3.63, 3.8) is 0 Å². The lowest BCUT2D eigenvalue weighted by Gasteiger charge is -2.34. The number of anilines is 1. The second kappa shape index (κ2) is 10.3. The lowest BCUT2D eigenvalue weighted by Crippen LogP contribution is -2.51. The van der Waals surface area contributed by atoms with Crippen molar-refractivity contribution in [3.8, 4) is 35.2 Å². The number of likely N-dealkylation sites (tertiary alicyclic amines) is 1. The van der Waals surface area contributed by atoms with E-state index in [1.54, 1.807) is 18.3 Å². The number of nitrogens with one attached hydrogen (secondary N) is 1. The standard InChI is InChI=1S/C31H30ClFN6O2/c1-3-22-25(33)9-6-17-11-21(40)12-23(26(17)22)24-13-34-29-28(27(24)32)36-31(41-16-20-5-4-10-38(20)2)37-30(29)39-14-18-7-8-19(15-39)35-18/h1,6,9,11-13,18-20,35,40H,4-5,7-8,10,14-16H2,2H3. The van der Waals surface area contributed by atoms with E-state index in [-0.39, 0.29) is 17.3 Å². The Bertz CT molecular complexity index is 1710. The number of terminal acetylenes is 1. The summed E-state index contributed by atoms with van der Waals surface area (Å²) in [5.74, 6) is 2.63. The fourth-order valence-corrected chi connectivity index (χ4v) is 6.87. The number of aromatic nitrogens is 3. The molecule has 5 heterocycles. The van der Waals surface area contributed by atoms with Crippen molar-refractivity contribution in [2.45, 2.75) is 43.8 Å². The van der Waals surface area contributed by atoms with Crippen molar-refractivity contribution in [3.05, 3.63) is 46.9 Å². The molecule has 3 aliphatic heterocycles. The molecule has 2 N–H and O–H groups in total. The molecule has 7 rings (SSSR count). The number of benzene rings is 2. The Hall–Kier alpha value is -3.71. The molecule has 10 heteroatoms. The van der Waals surface area contributed by atoms with Crippen LogP contribution < -0.4 is 15.0 Å². The molecule has 3 unspecified atom stereocenters. The summed E-state index contributed by atoms with van der Waals surface area (Å²) in [6.07, 6.45) is 11.8. The number of nitrogens with zero attached hydrogens (tertiary/aromatic N) is 5. The molecule has 0 spiro atoms. The summed E-state index contributed by atoms with van der Waals surface area (Å²) < 4.78 is 21.0. The third-order valence-electron chi connectivity index (χ3n) is 8.69. The minimum absolute atomic E-state index is 0.00242. The average Bonchev–Trinajstić information content (AvgIpc) is 3.54. The molecule has 210 valence electrons. The number of phenols is 1. The molecule has 2 aromatic carbocycles. The highest BCUT2D eigenvalue weighted by molar-refractivity contribution is 6.38. The normalized spacial score (nSPS) is 22.5. The van der Waals surface area contributed by atoms with Crippen LogP contribution >= 0.6 is 11.6 Å². The predicted molar refractivity (Wildman–Crippen MR) is 158 cm³/mol. The van der Waals surface area contributed by atoms with Crippen LogP contribution in [0, 0.1) is 18.2 Å². The van der Waals surface area contributed by atoms with Crippen LogP contribution in [0.4, 0.5) is 10.2 Å². The summed E-state index contributed by atoms with van der Waals surface area (Å²) in [5, 5.41) is 15.6. The summed E-state index contributed by atoms with van der Waals surface area (Å²) in [6, 6.07) is 7.28. The van der Waals surface area contributed by atoms with Crippen LogP contribution in [-0.4, -0.2) is 76.4 Å². The van der Waals surface area contributed by atoms with Crippen LogP contribution in [0.15, 0.2) is 30.5 Å². The first-order valence-electron chi connectivity index (χ1n) is 14.0. The van der Waals surface area contributed by atoms with E-state index < -0.39 is 5.82 Å². The zero-order valence-electron chi connectivity index (χ0n) is 22.7. The number of likely N-dealkylation sites (N-methyl/N-ethyl adjacent to an activating group) is 1. The Morgan fingerprint density at radius 1 is 1.15 bits per heavy atom. The minimum atomic E-state index is -0.526. The maximum Gasteiger partial charge on any atom is 0.319 e. The van der Waals surface area contributed by atoms with E-state index in [4.69, 9.17) is 37.7 Å². The Morgan fingerprint density at radius 2 is 1.95 bits per heavy atom. The fraction of sp³-hybridized carbons (Fsp3) is 0.387. The van der Waals surface area contributed by atoms with Gasteiger partial charge in [0, 0.05) is 48.4 Å². The first-order valence-corrected chi connectivity index (χ1v) is 14.4. The van der Waals surface area contributed by atoms with Crippen LogP contribution in [-0.2, 0) is 0 Å². The van der Waals surface area contributed by atoms with E-state index in [0.717, 1.165) is 45.3 Å². The molecule has 2 aromatic heterocycles. The first-order chi connectivity index (χ1) is 19.9. The SMILES string of the molecule is C#Cc1c(F)ccc2cc(O)cc(-c3cnc4c(N5CC6CCC(C5)N6)nc(OCC5CCCN5C)nc4c3Cl)c12. The third kappa shape index (κ3) is 4.60. The number of hydrogen-bond donors (Lipinski definition) is 2. The van der Waals surface area contributed by atoms with Gasteiger partial charge in [0.05, 0.1) is 10.6 Å². The predicted octanol–water partition coefficient (Wildman–Crippen LogP) is 4.74. The van der Waals surface area contributed by atoms with Gasteiger partial charge in [-0.2, -0.15) is 9.97 Å². The Morgan fingerprint density at radius 3 is 2.68 bits per heavy atom. The van der Waals surface area contributed by atoms with Crippen LogP contribution in [0.1, 0.15) is 31.2 Å². The van der Waals surface area contributed by atoms with Gasteiger partial charge >= 0.3 is 6.01 Å². The van der Waals surface area contributed by atoms with Crippen molar-refractivity contribution in [2.24, 2.45) is 0 Å². The van der Waals surface area contributed by atoms with Crippen molar-refractivity contribution in [2.75, 3.05) is 38.2 Å². The zero-order chi connectivity index (χ0) is 28.2. The molecule has 41 heavy (non-hydrogen) atoms. The van der Waals surface area contributed by atoms with E-state index in [2.05, 4.69) is 28.1 Å². The summed E-state index contributed by atoms with van der Waals surface area (Å²) >= 11 is 7.12. The summed E-state index contributed by atoms with van der Waals surface area (Å²) in [5.41, 5.74) is 2.05. The van der Waals surface area contributed by atoms with Crippen molar-refractivity contribution >= 4 is 39.2 Å². The molecular weight excluding hydrogens is 543 g/mol. The molecule has 3 saturated heterocycles. The molecule has 3 aliphatic rings. The molecule has 8 nitrogen and oxygen atoms in total. The summed E-state index contributed by atoms with van der Waals surface area (Å²) in [4.78, 5) is 19.0. The van der Waals surface area contributed by atoms with E-state index in [0.29, 0.717) is 68.5 Å². The number of hydrogen-bond acceptors (Lipinski definition) is 8. The molecule has 3 atom stereocenters. The molecule has 3 fully saturated rings. The van der Waals surface area contributed by atoms with Gasteiger partial charge in [-0.3, -0.25) is 0 Å². The number of pyridine rings is 1. The van der Waals surface area contributed by atoms with Crippen LogP contribution in [0.5, 0.6) is 11.8 Å². The van der Waals surface area contributed by atoms with Crippen molar-refractivity contribution in [1.82, 2.24) is 25.2 Å². The van der Waals surface area contributed by atoms with E-state index in [9.17, 15) is 9.50 Å². The average molecular weight is 573 g/mol. The van der Waals surface area contributed by atoms with Gasteiger partial charge in [-0.25, -0.2) is 9.37 Å². The molecule has 0 amide bonds. The summed E-state index contributed by atoms with van der Waals surface area (Å²) in [6.45, 7) is 3.12. The van der Waals surface area contributed by atoms with Crippen molar-refractivity contribution in [1.29, 1.82) is 0 Å². The zero-order valence-corrected chi connectivity index (χ0v) is 23.5. The molecule has 0 aliphatic carbocycles. The topological polar surface area (TPSA) is 86.6 Å². The first kappa shape index (κ1) is 26.2. The highest BCUT2D eigenvalue weighted by Gasteiger charge is 2.34. The molecule has 0 radical (unpaired) electrons. The van der Waals surface area contributed by atoms with Gasteiger partial charge in [-0.15, -0.1) is 6.42 Å². The van der Waals surface area contributed by atoms with Crippen LogP contribution in [0.25, 0.3) is 32.9 Å². The number of piperazine rings is 1. The maximum absolute atomic E-state index is 14.8. The van der Waals surface area contributed by atoms with Gasteiger partial charge in [0.25, 0.3) is 0 Å². The summed E-state index contributed by atoms with van der Waals surface area (Å²) in [7, 11) is 2.10. The molecular formula is C31H30ClFN6O2.